The first-order valence-corrected chi connectivity index (χ1v) is 4.45. The normalized spacial score (nSPS) is 29.6. The Bertz CT molecular complexity index is 163. The highest BCUT2D eigenvalue weighted by Gasteiger charge is 2.24. The molecule has 1 saturated carbocycles. The number of hydrogen-bond donors (Lipinski definition) is 1. The first-order chi connectivity index (χ1) is 5.38. The van der Waals surface area contributed by atoms with E-state index in [4.69, 9.17) is 0 Å². The Kier molecular flexibility index (Phi) is 3.45. The van der Waals surface area contributed by atoms with Gasteiger partial charge >= 0.3 is 0 Å². The summed E-state index contributed by atoms with van der Waals surface area (Å²) in [5.41, 5.74) is 0. The summed E-state index contributed by atoms with van der Waals surface area (Å²) in [4.78, 5) is 0. The molecule has 11 heavy (non-hydrogen) atoms. The van der Waals surface area contributed by atoms with Gasteiger partial charge in [0, 0.05) is 12.5 Å². The van der Waals surface area contributed by atoms with E-state index in [1.54, 1.807) is 0 Å². The lowest BCUT2D eigenvalue weighted by molar-refractivity contribution is 0.434. The molecule has 0 aliphatic heterocycles. The largest absolute Gasteiger partial charge is 0.317 e. The minimum atomic E-state index is 0.732. The van der Waals surface area contributed by atoms with Gasteiger partial charge in [0.25, 0.3) is 0 Å². The van der Waals surface area contributed by atoms with Gasteiger partial charge in [0.2, 0.25) is 0 Å². The molecule has 1 nitrogen and oxygen atoms in total. The van der Waals surface area contributed by atoms with Crippen molar-refractivity contribution < 1.29 is 0 Å². The van der Waals surface area contributed by atoms with Crippen molar-refractivity contribution in [1.29, 1.82) is 0 Å². The standard InChI is InChI=1S/C10H17N/c1-3-4-6-9-7-5-8-10(9)11-2/h9-11H,5-8H2,1-2H3. The average molecular weight is 151 g/mol. The summed E-state index contributed by atoms with van der Waals surface area (Å²) in [6.07, 6.45) is 5.16. The quantitative estimate of drug-likeness (QED) is 0.593. The maximum absolute atomic E-state index is 3.36. The van der Waals surface area contributed by atoms with Crippen LogP contribution in [0.3, 0.4) is 0 Å². The van der Waals surface area contributed by atoms with Crippen LogP contribution in [0, 0.1) is 17.8 Å². The molecular formula is C10H17N. The molecule has 0 radical (unpaired) electrons. The zero-order valence-electron chi connectivity index (χ0n) is 7.48. The maximum atomic E-state index is 3.36. The molecule has 2 atom stereocenters. The topological polar surface area (TPSA) is 12.0 Å². The van der Waals surface area contributed by atoms with Crippen LogP contribution >= 0.6 is 0 Å². The number of nitrogens with one attached hydrogen (secondary N) is 1. The summed E-state index contributed by atoms with van der Waals surface area (Å²) in [5, 5.41) is 3.36. The summed E-state index contributed by atoms with van der Waals surface area (Å²) in [6.45, 7) is 1.92. The molecule has 1 N–H and O–H groups in total. The zero-order chi connectivity index (χ0) is 8.10. The smallest absolute Gasteiger partial charge is 0.0132 e. The minimum absolute atomic E-state index is 0.732. The van der Waals surface area contributed by atoms with E-state index >= 15 is 0 Å². The van der Waals surface area contributed by atoms with Gasteiger partial charge < -0.3 is 5.32 Å². The average Bonchev–Trinajstić information content (AvgIpc) is 2.47. The van der Waals surface area contributed by atoms with Crippen molar-refractivity contribution in [2.75, 3.05) is 7.05 Å². The van der Waals surface area contributed by atoms with Crippen LogP contribution in [-0.4, -0.2) is 13.1 Å². The monoisotopic (exact) mass is 151 g/mol. The Hall–Kier alpha value is -0.480. The zero-order valence-corrected chi connectivity index (χ0v) is 7.48. The van der Waals surface area contributed by atoms with Gasteiger partial charge in [-0.2, -0.15) is 0 Å². The lowest BCUT2D eigenvalue weighted by Crippen LogP contribution is -2.28. The van der Waals surface area contributed by atoms with Crippen molar-refractivity contribution >= 4 is 0 Å². The minimum Gasteiger partial charge on any atom is -0.317 e. The SMILES string of the molecule is CC#CCC1CCCC1NC. The Balaban J connectivity index is 2.35. The maximum Gasteiger partial charge on any atom is 0.0132 e. The van der Waals surface area contributed by atoms with Crippen LogP contribution in [0.5, 0.6) is 0 Å². The highest BCUT2D eigenvalue weighted by atomic mass is 14.9. The summed E-state index contributed by atoms with van der Waals surface area (Å²) in [5.74, 6) is 6.94. The summed E-state index contributed by atoms with van der Waals surface area (Å²) in [7, 11) is 2.06. The number of hydrogen-bond acceptors (Lipinski definition) is 1. The second-order valence-electron chi connectivity index (χ2n) is 3.22. The van der Waals surface area contributed by atoms with E-state index in [-0.39, 0.29) is 0 Å². The second-order valence-corrected chi connectivity index (χ2v) is 3.22. The van der Waals surface area contributed by atoms with E-state index in [1.807, 2.05) is 6.92 Å². The molecule has 0 aromatic heterocycles. The van der Waals surface area contributed by atoms with Gasteiger partial charge in [-0.15, -0.1) is 11.8 Å². The third-order valence-corrected chi connectivity index (χ3v) is 2.57. The summed E-state index contributed by atoms with van der Waals surface area (Å²) >= 11 is 0. The summed E-state index contributed by atoms with van der Waals surface area (Å²) < 4.78 is 0. The van der Waals surface area contributed by atoms with Gasteiger partial charge in [-0.05, 0) is 32.7 Å². The van der Waals surface area contributed by atoms with Crippen molar-refractivity contribution in [3.8, 4) is 11.8 Å². The third-order valence-electron chi connectivity index (χ3n) is 2.57. The van der Waals surface area contributed by atoms with Gasteiger partial charge in [0.05, 0.1) is 0 Å². The fourth-order valence-electron chi connectivity index (χ4n) is 1.89. The highest BCUT2D eigenvalue weighted by Crippen LogP contribution is 2.27. The van der Waals surface area contributed by atoms with Crippen LogP contribution < -0.4 is 5.32 Å². The van der Waals surface area contributed by atoms with Crippen LogP contribution in [0.1, 0.15) is 32.6 Å². The summed E-state index contributed by atoms with van der Waals surface area (Å²) in [6, 6.07) is 0.732. The molecule has 0 saturated heterocycles. The predicted molar refractivity (Wildman–Crippen MR) is 48.3 cm³/mol. The van der Waals surface area contributed by atoms with E-state index in [1.165, 1.54) is 19.3 Å². The van der Waals surface area contributed by atoms with Crippen LogP contribution in [0.25, 0.3) is 0 Å². The molecule has 2 unspecified atom stereocenters. The van der Waals surface area contributed by atoms with Crippen LogP contribution in [-0.2, 0) is 0 Å². The first kappa shape index (κ1) is 8.62. The van der Waals surface area contributed by atoms with Gasteiger partial charge in [-0.25, -0.2) is 0 Å². The molecule has 0 heterocycles. The molecule has 0 aromatic rings. The van der Waals surface area contributed by atoms with Crippen molar-refractivity contribution in [1.82, 2.24) is 5.32 Å². The van der Waals surface area contributed by atoms with Crippen LogP contribution in [0.4, 0.5) is 0 Å². The first-order valence-electron chi connectivity index (χ1n) is 4.45. The molecule has 1 fully saturated rings. The fourth-order valence-corrected chi connectivity index (χ4v) is 1.89. The molecule has 1 heteroatoms. The van der Waals surface area contributed by atoms with Gasteiger partial charge in [-0.3, -0.25) is 0 Å². The Morgan fingerprint density at radius 3 is 2.91 bits per heavy atom. The van der Waals surface area contributed by atoms with E-state index in [9.17, 15) is 0 Å². The number of rotatable bonds is 2. The molecule has 1 aliphatic carbocycles. The third kappa shape index (κ3) is 2.24. The van der Waals surface area contributed by atoms with Crippen molar-refractivity contribution in [2.45, 2.75) is 38.6 Å². The lowest BCUT2D eigenvalue weighted by Gasteiger charge is -2.15. The Morgan fingerprint density at radius 1 is 1.45 bits per heavy atom. The van der Waals surface area contributed by atoms with Crippen molar-refractivity contribution in [2.24, 2.45) is 5.92 Å². The van der Waals surface area contributed by atoms with E-state index < -0.39 is 0 Å². The molecular weight excluding hydrogens is 134 g/mol. The Labute approximate surface area is 69.6 Å². The Morgan fingerprint density at radius 2 is 2.27 bits per heavy atom. The molecule has 62 valence electrons. The molecule has 0 amide bonds. The van der Waals surface area contributed by atoms with Crippen LogP contribution in [0.15, 0.2) is 0 Å². The van der Waals surface area contributed by atoms with Gasteiger partial charge in [-0.1, -0.05) is 6.42 Å². The molecule has 0 aromatic carbocycles. The van der Waals surface area contributed by atoms with E-state index in [0.717, 1.165) is 18.4 Å². The predicted octanol–water partition coefficient (Wildman–Crippen LogP) is 1.79. The molecule has 1 rings (SSSR count). The highest BCUT2D eigenvalue weighted by molar-refractivity contribution is 4.99. The molecule has 0 spiro atoms. The second kappa shape index (κ2) is 4.41. The van der Waals surface area contributed by atoms with E-state index in [2.05, 4.69) is 24.2 Å². The van der Waals surface area contributed by atoms with E-state index in [0.29, 0.717) is 0 Å². The molecule has 1 aliphatic rings. The fraction of sp³-hybridized carbons (Fsp3) is 0.800. The van der Waals surface area contributed by atoms with Crippen molar-refractivity contribution in [3.05, 3.63) is 0 Å². The van der Waals surface area contributed by atoms with Crippen LogP contribution in [0.2, 0.25) is 0 Å². The lowest BCUT2D eigenvalue weighted by atomic mass is 10.0. The van der Waals surface area contributed by atoms with Gasteiger partial charge in [0.1, 0.15) is 0 Å². The van der Waals surface area contributed by atoms with Gasteiger partial charge in [0.15, 0.2) is 0 Å². The van der Waals surface area contributed by atoms with Crippen molar-refractivity contribution in [3.63, 3.8) is 0 Å². The molecule has 0 bridgehead atoms.